The molecule has 0 radical (unpaired) electrons. The SMILES string of the molecule is Cc1c(Cl)cccc1CNCCNCC(C)C. The Labute approximate surface area is 110 Å². The molecule has 2 N–H and O–H groups in total. The van der Waals surface area contributed by atoms with Gasteiger partial charge in [-0.15, -0.1) is 0 Å². The third-order valence-corrected chi connectivity index (χ3v) is 3.14. The van der Waals surface area contributed by atoms with Crippen LogP contribution in [-0.2, 0) is 6.54 Å². The van der Waals surface area contributed by atoms with E-state index in [1.807, 2.05) is 12.1 Å². The van der Waals surface area contributed by atoms with E-state index in [-0.39, 0.29) is 0 Å². The van der Waals surface area contributed by atoms with Crippen molar-refractivity contribution >= 4 is 11.6 Å². The summed E-state index contributed by atoms with van der Waals surface area (Å²) in [5.41, 5.74) is 2.46. The summed E-state index contributed by atoms with van der Waals surface area (Å²) in [6.45, 7) is 10.5. The molecule has 2 nitrogen and oxygen atoms in total. The second-order valence-corrected chi connectivity index (χ2v) is 5.21. The van der Waals surface area contributed by atoms with Crippen molar-refractivity contribution in [2.45, 2.75) is 27.3 Å². The lowest BCUT2D eigenvalue weighted by Crippen LogP contribution is -2.29. The molecule has 0 aliphatic carbocycles. The highest BCUT2D eigenvalue weighted by atomic mass is 35.5. The fourth-order valence-corrected chi connectivity index (χ4v) is 1.83. The molecular formula is C14H23ClN2. The van der Waals surface area contributed by atoms with E-state index in [9.17, 15) is 0 Å². The number of hydrogen-bond acceptors (Lipinski definition) is 2. The van der Waals surface area contributed by atoms with Crippen LogP contribution in [0.2, 0.25) is 5.02 Å². The molecule has 96 valence electrons. The Kier molecular flexibility index (Phi) is 6.56. The first kappa shape index (κ1) is 14.5. The van der Waals surface area contributed by atoms with Crippen LogP contribution >= 0.6 is 11.6 Å². The minimum Gasteiger partial charge on any atom is -0.315 e. The smallest absolute Gasteiger partial charge is 0.0438 e. The molecule has 0 aliphatic rings. The number of halogens is 1. The van der Waals surface area contributed by atoms with Crippen LogP contribution in [0.3, 0.4) is 0 Å². The topological polar surface area (TPSA) is 24.1 Å². The van der Waals surface area contributed by atoms with Crippen molar-refractivity contribution in [3.8, 4) is 0 Å². The van der Waals surface area contributed by atoms with Crippen molar-refractivity contribution in [1.29, 1.82) is 0 Å². The van der Waals surface area contributed by atoms with Crippen LogP contribution in [0.25, 0.3) is 0 Å². The molecule has 0 aromatic heterocycles. The van der Waals surface area contributed by atoms with E-state index in [4.69, 9.17) is 11.6 Å². The van der Waals surface area contributed by atoms with E-state index >= 15 is 0 Å². The molecule has 3 heteroatoms. The zero-order valence-electron chi connectivity index (χ0n) is 11.0. The van der Waals surface area contributed by atoms with Crippen molar-refractivity contribution in [2.24, 2.45) is 5.92 Å². The summed E-state index contributed by atoms with van der Waals surface area (Å²) >= 11 is 6.07. The van der Waals surface area contributed by atoms with Crippen LogP contribution in [0.1, 0.15) is 25.0 Å². The van der Waals surface area contributed by atoms with Crippen LogP contribution in [0.15, 0.2) is 18.2 Å². The molecule has 0 fully saturated rings. The Hall–Kier alpha value is -0.570. The first-order chi connectivity index (χ1) is 8.11. The molecule has 0 amide bonds. The van der Waals surface area contributed by atoms with Gasteiger partial charge >= 0.3 is 0 Å². The normalized spacial score (nSPS) is 11.1. The molecular weight excluding hydrogens is 232 g/mol. The summed E-state index contributed by atoms with van der Waals surface area (Å²) in [4.78, 5) is 0. The molecule has 0 unspecified atom stereocenters. The monoisotopic (exact) mass is 254 g/mol. The standard InChI is InChI=1S/C14H23ClN2/c1-11(2)9-16-7-8-17-10-13-5-4-6-14(15)12(13)3/h4-6,11,16-17H,7-10H2,1-3H3. The highest BCUT2D eigenvalue weighted by Crippen LogP contribution is 2.18. The van der Waals surface area contributed by atoms with Crippen molar-refractivity contribution in [1.82, 2.24) is 10.6 Å². The van der Waals surface area contributed by atoms with Gasteiger partial charge in [-0.2, -0.15) is 0 Å². The molecule has 0 atom stereocenters. The Morgan fingerprint density at radius 1 is 1.18 bits per heavy atom. The van der Waals surface area contributed by atoms with Crippen LogP contribution in [0.4, 0.5) is 0 Å². The number of nitrogens with one attached hydrogen (secondary N) is 2. The van der Waals surface area contributed by atoms with Gasteiger partial charge in [0.05, 0.1) is 0 Å². The van der Waals surface area contributed by atoms with E-state index in [2.05, 4.69) is 37.5 Å². The highest BCUT2D eigenvalue weighted by Gasteiger charge is 2.00. The molecule has 0 spiro atoms. The van der Waals surface area contributed by atoms with Crippen LogP contribution in [0, 0.1) is 12.8 Å². The first-order valence-corrected chi connectivity index (χ1v) is 6.64. The third-order valence-electron chi connectivity index (χ3n) is 2.73. The Morgan fingerprint density at radius 3 is 2.59 bits per heavy atom. The lowest BCUT2D eigenvalue weighted by atomic mass is 10.1. The maximum absolute atomic E-state index is 6.07. The van der Waals surface area contributed by atoms with E-state index in [0.717, 1.165) is 31.2 Å². The van der Waals surface area contributed by atoms with E-state index in [1.54, 1.807) is 0 Å². The van der Waals surface area contributed by atoms with Gasteiger partial charge in [0.2, 0.25) is 0 Å². The number of rotatable bonds is 7. The largest absolute Gasteiger partial charge is 0.315 e. The van der Waals surface area contributed by atoms with Crippen molar-refractivity contribution in [2.75, 3.05) is 19.6 Å². The summed E-state index contributed by atoms with van der Waals surface area (Å²) in [7, 11) is 0. The maximum Gasteiger partial charge on any atom is 0.0438 e. The summed E-state index contributed by atoms with van der Waals surface area (Å²) in [6, 6.07) is 6.06. The van der Waals surface area contributed by atoms with Crippen molar-refractivity contribution in [3.05, 3.63) is 34.3 Å². The van der Waals surface area contributed by atoms with E-state index in [0.29, 0.717) is 5.92 Å². The number of benzene rings is 1. The average Bonchev–Trinajstić information content (AvgIpc) is 2.28. The van der Waals surface area contributed by atoms with Gasteiger partial charge in [-0.05, 0) is 36.6 Å². The summed E-state index contributed by atoms with van der Waals surface area (Å²) in [5.74, 6) is 0.713. The van der Waals surface area contributed by atoms with Crippen LogP contribution < -0.4 is 10.6 Å². The molecule has 0 saturated heterocycles. The molecule has 0 saturated carbocycles. The zero-order chi connectivity index (χ0) is 12.7. The van der Waals surface area contributed by atoms with E-state index < -0.39 is 0 Å². The number of hydrogen-bond donors (Lipinski definition) is 2. The van der Waals surface area contributed by atoms with Crippen LogP contribution in [0.5, 0.6) is 0 Å². The van der Waals surface area contributed by atoms with Crippen molar-refractivity contribution < 1.29 is 0 Å². The lowest BCUT2D eigenvalue weighted by molar-refractivity contribution is 0.535. The molecule has 17 heavy (non-hydrogen) atoms. The maximum atomic E-state index is 6.07. The molecule has 1 rings (SSSR count). The average molecular weight is 255 g/mol. The van der Waals surface area contributed by atoms with Crippen LogP contribution in [-0.4, -0.2) is 19.6 Å². The summed E-state index contributed by atoms with van der Waals surface area (Å²) in [5, 5.41) is 7.68. The van der Waals surface area contributed by atoms with E-state index in [1.165, 1.54) is 11.1 Å². The van der Waals surface area contributed by atoms with Gasteiger partial charge in [0.15, 0.2) is 0 Å². The first-order valence-electron chi connectivity index (χ1n) is 6.26. The van der Waals surface area contributed by atoms with Gasteiger partial charge < -0.3 is 10.6 Å². The quantitative estimate of drug-likeness (QED) is 0.731. The fraction of sp³-hybridized carbons (Fsp3) is 0.571. The van der Waals surface area contributed by atoms with Gasteiger partial charge in [0.25, 0.3) is 0 Å². The van der Waals surface area contributed by atoms with Crippen molar-refractivity contribution in [3.63, 3.8) is 0 Å². The lowest BCUT2D eigenvalue weighted by Gasteiger charge is -2.10. The predicted octanol–water partition coefficient (Wildman–Crippen LogP) is 2.98. The summed E-state index contributed by atoms with van der Waals surface area (Å²) in [6.07, 6.45) is 0. The molecule has 0 heterocycles. The second-order valence-electron chi connectivity index (χ2n) is 4.80. The molecule has 1 aromatic carbocycles. The van der Waals surface area contributed by atoms with Gasteiger partial charge in [0.1, 0.15) is 0 Å². The predicted molar refractivity (Wildman–Crippen MR) is 75.6 cm³/mol. The molecule has 1 aromatic rings. The Morgan fingerprint density at radius 2 is 1.88 bits per heavy atom. The Balaban J connectivity index is 2.20. The Bertz CT molecular complexity index is 337. The highest BCUT2D eigenvalue weighted by molar-refractivity contribution is 6.31. The van der Waals surface area contributed by atoms with Gasteiger partial charge in [-0.3, -0.25) is 0 Å². The second kappa shape index (κ2) is 7.70. The minimum atomic E-state index is 0.713. The minimum absolute atomic E-state index is 0.713. The van der Waals surface area contributed by atoms with Gasteiger partial charge in [0, 0.05) is 24.7 Å². The molecule has 0 bridgehead atoms. The fourth-order valence-electron chi connectivity index (χ4n) is 1.63. The van der Waals surface area contributed by atoms with Gasteiger partial charge in [-0.25, -0.2) is 0 Å². The zero-order valence-corrected chi connectivity index (χ0v) is 11.8. The van der Waals surface area contributed by atoms with Gasteiger partial charge in [-0.1, -0.05) is 37.6 Å². The molecule has 0 aliphatic heterocycles. The summed E-state index contributed by atoms with van der Waals surface area (Å²) < 4.78 is 0. The third kappa shape index (κ3) is 5.53.